The molecule has 0 radical (unpaired) electrons. The molecular formula is C14H20ClN3. The molecule has 1 aromatic rings. The molecule has 1 N–H and O–H groups in total. The maximum Gasteiger partial charge on any atom is 0.138 e. The monoisotopic (exact) mass is 265 g/mol. The minimum atomic E-state index is 0.347. The summed E-state index contributed by atoms with van der Waals surface area (Å²) in [6.45, 7) is 4.27. The lowest BCUT2D eigenvalue weighted by atomic mass is 9.95. The molecule has 0 spiro atoms. The van der Waals surface area contributed by atoms with Crippen LogP contribution in [-0.4, -0.2) is 16.0 Å². The van der Waals surface area contributed by atoms with Gasteiger partial charge in [0.25, 0.3) is 0 Å². The number of hydrogen-bond acceptors (Lipinski definition) is 3. The van der Waals surface area contributed by atoms with Crippen LogP contribution >= 0.6 is 11.6 Å². The zero-order valence-electron chi connectivity index (χ0n) is 11.0. The van der Waals surface area contributed by atoms with Gasteiger partial charge in [0.15, 0.2) is 0 Å². The molecule has 0 aromatic carbocycles. The fourth-order valence-corrected chi connectivity index (χ4v) is 3.95. The number of rotatable bonds is 3. The molecule has 98 valence electrons. The van der Waals surface area contributed by atoms with E-state index >= 15 is 0 Å². The van der Waals surface area contributed by atoms with E-state index in [0.717, 1.165) is 23.2 Å². The van der Waals surface area contributed by atoms with Gasteiger partial charge in [-0.1, -0.05) is 31.9 Å². The first-order valence-corrected chi connectivity index (χ1v) is 7.30. The van der Waals surface area contributed by atoms with Crippen LogP contribution in [0.15, 0.2) is 6.33 Å². The highest BCUT2D eigenvalue weighted by atomic mass is 35.5. The first-order valence-electron chi connectivity index (χ1n) is 6.92. The van der Waals surface area contributed by atoms with Crippen molar-refractivity contribution in [1.82, 2.24) is 9.97 Å². The van der Waals surface area contributed by atoms with Crippen molar-refractivity contribution in [2.75, 3.05) is 5.32 Å². The minimum Gasteiger partial charge on any atom is -0.367 e. The average molecular weight is 266 g/mol. The van der Waals surface area contributed by atoms with Gasteiger partial charge in [-0.15, -0.1) is 0 Å². The van der Waals surface area contributed by atoms with Crippen LogP contribution in [0.4, 0.5) is 5.82 Å². The van der Waals surface area contributed by atoms with Crippen LogP contribution in [-0.2, 0) is 0 Å². The van der Waals surface area contributed by atoms with Gasteiger partial charge >= 0.3 is 0 Å². The second-order valence-electron chi connectivity index (χ2n) is 6.01. The van der Waals surface area contributed by atoms with E-state index in [9.17, 15) is 0 Å². The van der Waals surface area contributed by atoms with Gasteiger partial charge in [0, 0.05) is 11.6 Å². The van der Waals surface area contributed by atoms with Crippen molar-refractivity contribution >= 4 is 17.4 Å². The Kier molecular flexibility index (Phi) is 3.18. The van der Waals surface area contributed by atoms with Gasteiger partial charge in [-0.05, 0) is 37.0 Å². The first kappa shape index (κ1) is 12.2. The van der Waals surface area contributed by atoms with E-state index in [-0.39, 0.29) is 0 Å². The molecule has 2 saturated carbocycles. The van der Waals surface area contributed by atoms with Crippen LogP contribution in [0.25, 0.3) is 0 Å². The highest BCUT2D eigenvalue weighted by Gasteiger charge is 2.39. The average Bonchev–Trinajstić information content (AvgIpc) is 2.90. The zero-order valence-corrected chi connectivity index (χ0v) is 11.7. The fourth-order valence-electron chi connectivity index (χ4n) is 3.60. The Morgan fingerprint density at radius 1 is 1.28 bits per heavy atom. The maximum absolute atomic E-state index is 6.20. The number of anilines is 1. The molecule has 3 atom stereocenters. The molecule has 18 heavy (non-hydrogen) atoms. The van der Waals surface area contributed by atoms with Crippen molar-refractivity contribution in [2.24, 2.45) is 11.8 Å². The summed E-state index contributed by atoms with van der Waals surface area (Å²) in [5.74, 6) is 3.07. The van der Waals surface area contributed by atoms with E-state index in [4.69, 9.17) is 11.6 Å². The number of halogens is 1. The summed E-state index contributed by atoms with van der Waals surface area (Å²) >= 11 is 6.20. The summed E-state index contributed by atoms with van der Waals surface area (Å²) < 4.78 is 0. The predicted octanol–water partition coefficient (Wildman–Crippen LogP) is 3.85. The van der Waals surface area contributed by atoms with E-state index in [1.165, 1.54) is 25.7 Å². The Bertz CT molecular complexity index is 447. The van der Waals surface area contributed by atoms with Crippen molar-refractivity contribution in [2.45, 2.75) is 51.5 Å². The van der Waals surface area contributed by atoms with E-state index in [0.29, 0.717) is 17.1 Å². The van der Waals surface area contributed by atoms with Crippen LogP contribution in [0.3, 0.4) is 0 Å². The zero-order chi connectivity index (χ0) is 12.7. The maximum atomic E-state index is 6.20. The first-order chi connectivity index (χ1) is 8.65. The van der Waals surface area contributed by atoms with Crippen molar-refractivity contribution in [3.63, 3.8) is 0 Å². The van der Waals surface area contributed by atoms with Gasteiger partial charge < -0.3 is 5.32 Å². The summed E-state index contributed by atoms with van der Waals surface area (Å²) in [6, 6.07) is 0.590. The molecule has 2 aliphatic carbocycles. The quantitative estimate of drug-likeness (QED) is 0.844. The highest BCUT2D eigenvalue weighted by molar-refractivity contribution is 6.30. The van der Waals surface area contributed by atoms with Gasteiger partial charge in [0.05, 0.1) is 0 Å². The van der Waals surface area contributed by atoms with Crippen molar-refractivity contribution in [3.05, 3.63) is 17.0 Å². The molecule has 3 rings (SSSR count). The van der Waals surface area contributed by atoms with Gasteiger partial charge in [0.1, 0.15) is 17.3 Å². The number of fused-ring (bicyclic) bond motifs is 2. The van der Waals surface area contributed by atoms with E-state index in [2.05, 4.69) is 29.1 Å². The van der Waals surface area contributed by atoms with Gasteiger partial charge in [-0.25, -0.2) is 9.97 Å². The van der Waals surface area contributed by atoms with Crippen LogP contribution in [0.5, 0.6) is 0 Å². The Balaban J connectivity index is 1.82. The Hall–Kier alpha value is -0.830. The van der Waals surface area contributed by atoms with Gasteiger partial charge in [-0.3, -0.25) is 0 Å². The largest absolute Gasteiger partial charge is 0.367 e. The third-order valence-corrected chi connectivity index (χ3v) is 4.77. The number of nitrogens with one attached hydrogen (secondary N) is 1. The molecule has 3 nitrogen and oxygen atoms in total. The Morgan fingerprint density at radius 2 is 2.11 bits per heavy atom. The van der Waals surface area contributed by atoms with Gasteiger partial charge in [-0.2, -0.15) is 0 Å². The Labute approximate surface area is 113 Å². The van der Waals surface area contributed by atoms with E-state index < -0.39 is 0 Å². The summed E-state index contributed by atoms with van der Waals surface area (Å²) in [5, 5.41) is 4.22. The van der Waals surface area contributed by atoms with E-state index in [1.54, 1.807) is 6.33 Å². The predicted molar refractivity (Wildman–Crippen MR) is 74.0 cm³/mol. The van der Waals surface area contributed by atoms with Crippen LogP contribution in [0.1, 0.15) is 51.0 Å². The standard InChI is InChI=1S/C14H20ClN3/c1-8(2)12-13(15)16-7-17-14(12)18-11-6-9-3-4-10(11)5-9/h7-11H,3-6H2,1-2H3,(H,16,17,18). The van der Waals surface area contributed by atoms with Crippen LogP contribution < -0.4 is 5.32 Å². The summed E-state index contributed by atoms with van der Waals surface area (Å²) in [6.07, 6.45) is 7.05. The number of aromatic nitrogens is 2. The lowest BCUT2D eigenvalue weighted by Gasteiger charge is -2.25. The van der Waals surface area contributed by atoms with Crippen LogP contribution in [0.2, 0.25) is 5.15 Å². The Morgan fingerprint density at radius 3 is 2.72 bits per heavy atom. The second-order valence-corrected chi connectivity index (χ2v) is 6.37. The topological polar surface area (TPSA) is 37.8 Å². The van der Waals surface area contributed by atoms with E-state index in [1.807, 2.05) is 0 Å². The molecule has 4 heteroatoms. The SMILES string of the molecule is CC(C)c1c(Cl)ncnc1NC1CC2CCC1C2. The van der Waals surface area contributed by atoms with Gasteiger partial charge in [0.2, 0.25) is 0 Å². The third-order valence-electron chi connectivity index (χ3n) is 4.47. The minimum absolute atomic E-state index is 0.347. The number of hydrogen-bond donors (Lipinski definition) is 1. The molecule has 0 aliphatic heterocycles. The molecule has 1 heterocycles. The summed E-state index contributed by atoms with van der Waals surface area (Å²) in [7, 11) is 0. The second kappa shape index (κ2) is 4.69. The van der Waals surface area contributed by atoms with Crippen molar-refractivity contribution < 1.29 is 0 Å². The fraction of sp³-hybridized carbons (Fsp3) is 0.714. The van der Waals surface area contributed by atoms with Crippen molar-refractivity contribution in [1.29, 1.82) is 0 Å². The molecule has 2 bridgehead atoms. The number of nitrogens with zero attached hydrogens (tertiary/aromatic N) is 2. The molecular weight excluding hydrogens is 246 g/mol. The molecule has 1 aromatic heterocycles. The molecule has 0 amide bonds. The molecule has 3 unspecified atom stereocenters. The normalized spacial score (nSPS) is 30.1. The third kappa shape index (κ3) is 2.09. The lowest BCUT2D eigenvalue weighted by Crippen LogP contribution is -2.27. The smallest absolute Gasteiger partial charge is 0.138 e. The highest BCUT2D eigenvalue weighted by Crippen LogP contribution is 2.46. The lowest BCUT2D eigenvalue weighted by molar-refractivity contribution is 0.438. The van der Waals surface area contributed by atoms with Crippen molar-refractivity contribution in [3.8, 4) is 0 Å². The molecule has 2 fully saturated rings. The molecule has 0 saturated heterocycles. The summed E-state index contributed by atoms with van der Waals surface area (Å²) in [4.78, 5) is 8.50. The molecule has 2 aliphatic rings. The summed E-state index contributed by atoms with van der Waals surface area (Å²) in [5.41, 5.74) is 1.06. The van der Waals surface area contributed by atoms with Crippen LogP contribution in [0, 0.1) is 11.8 Å².